The molecule has 1 heterocycles. The molecule has 1 aromatic heterocycles. The lowest BCUT2D eigenvalue weighted by Gasteiger charge is -2.34. The number of hydrogen-bond donors (Lipinski definition) is 2. The second-order valence-electron chi connectivity index (χ2n) is 8.54. The summed E-state index contributed by atoms with van der Waals surface area (Å²) in [6.45, 7) is 5.71. The molecule has 2 amide bonds. The van der Waals surface area contributed by atoms with Crippen molar-refractivity contribution in [1.29, 1.82) is 0 Å². The summed E-state index contributed by atoms with van der Waals surface area (Å²) in [6, 6.07) is 5.95. The number of nitrogens with one attached hydrogen (secondary N) is 2. The van der Waals surface area contributed by atoms with Crippen LogP contribution in [0.2, 0.25) is 0 Å². The van der Waals surface area contributed by atoms with Crippen molar-refractivity contribution in [3.8, 4) is 5.75 Å². The third kappa shape index (κ3) is 5.78. The Labute approximate surface area is 180 Å². The molecule has 0 radical (unpaired) electrons. The van der Waals surface area contributed by atoms with Crippen LogP contribution >= 0.6 is 11.3 Å². The molecule has 0 unspecified atom stereocenters. The average Bonchev–Trinajstić information content (AvgIpc) is 3.17. The number of para-hydroxylation sites is 1. The minimum absolute atomic E-state index is 0.0186. The zero-order valence-electron chi connectivity index (χ0n) is 17.5. The molecule has 0 bridgehead atoms. The molecule has 8 heteroatoms. The van der Waals surface area contributed by atoms with Gasteiger partial charge in [-0.05, 0) is 25.0 Å². The van der Waals surface area contributed by atoms with E-state index in [0.717, 1.165) is 25.7 Å². The molecule has 162 valence electrons. The number of thiazole rings is 1. The average molecular weight is 434 g/mol. The molecule has 1 aliphatic rings. The number of ether oxygens (including phenoxy) is 1. The Balaban J connectivity index is 1.58. The van der Waals surface area contributed by atoms with Crippen LogP contribution in [-0.4, -0.2) is 28.9 Å². The van der Waals surface area contributed by atoms with E-state index in [9.17, 15) is 14.0 Å². The van der Waals surface area contributed by atoms with E-state index in [0.29, 0.717) is 10.7 Å². The fourth-order valence-electron chi connectivity index (χ4n) is 3.29. The van der Waals surface area contributed by atoms with Crippen LogP contribution in [0, 0.1) is 11.2 Å². The predicted molar refractivity (Wildman–Crippen MR) is 114 cm³/mol. The van der Waals surface area contributed by atoms with E-state index in [1.807, 2.05) is 20.8 Å². The molecular formula is C22H28FN3O3S. The van der Waals surface area contributed by atoms with Gasteiger partial charge in [0.1, 0.15) is 17.3 Å². The maximum Gasteiger partial charge on any atom is 0.271 e. The van der Waals surface area contributed by atoms with Crippen LogP contribution in [0.25, 0.3) is 0 Å². The van der Waals surface area contributed by atoms with E-state index in [2.05, 4.69) is 15.6 Å². The van der Waals surface area contributed by atoms with Gasteiger partial charge in [-0.25, -0.2) is 9.37 Å². The van der Waals surface area contributed by atoms with Crippen LogP contribution in [0.15, 0.2) is 29.6 Å². The summed E-state index contributed by atoms with van der Waals surface area (Å²) in [4.78, 5) is 29.4. The van der Waals surface area contributed by atoms with Crippen molar-refractivity contribution >= 4 is 23.2 Å². The van der Waals surface area contributed by atoms with Crippen molar-refractivity contribution in [2.24, 2.45) is 5.41 Å². The van der Waals surface area contributed by atoms with Crippen molar-refractivity contribution in [2.75, 3.05) is 0 Å². The second kappa shape index (κ2) is 9.55. The fourth-order valence-corrected chi connectivity index (χ4v) is 3.97. The van der Waals surface area contributed by atoms with Crippen LogP contribution in [-0.2, 0) is 11.4 Å². The Morgan fingerprint density at radius 1 is 1.17 bits per heavy atom. The highest BCUT2D eigenvalue weighted by Crippen LogP contribution is 2.22. The van der Waals surface area contributed by atoms with E-state index in [4.69, 9.17) is 4.74 Å². The van der Waals surface area contributed by atoms with Crippen molar-refractivity contribution in [2.45, 2.75) is 65.1 Å². The van der Waals surface area contributed by atoms with Gasteiger partial charge in [-0.1, -0.05) is 45.7 Å². The van der Waals surface area contributed by atoms with Gasteiger partial charge < -0.3 is 15.4 Å². The molecule has 2 aromatic rings. The highest BCUT2D eigenvalue weighted by atomic mass is 32.1. The molecule has 0 aliphatic heterocycles. The maximum atomic E-state index is 13.7. The van der Waals surface area contributed by atoms with Gasteiger partial charge in [-0.2, -0.15) is 0 Å². The molecule has 6 nitrogen and oxygen atoms in total. The molecule has 30 heavy (non-hydrogen) atoms. The Bertz CT molecular complexity index is 894. The van der Waals surface area contributed by atoms with E-state index in [1.165, 1.54) is 17.4 Å². The van der Waals surface area contributed by atoms with Gasteiger partial charge in [0.05, 0.1) is 0 Å². The summed E-state index contributed by atoms with van der Waals surface area (Å²) >= 11 is 1.29. The zero-order chi connectivity index (χ0) is 21.7. The minimum Gasteiger partial charge on any atom is -0.483 e. The Kier molecular flexibility index (Phi) is 7.07. The third-order valence-corrected chi connectivity index (χ3v) is 5.87. The highest BCUT2D eigenvalue weighted by molar-refractivity contribution is 7.09. The summed E-state index contributed by atoms with van der Waals surface area (Å²) in [5.74, 6) is -0.578. The first-order chi connectivity index (χ1) is 14.2. The van der Waals surface area contributed by atoms with E-state index >= 15 is 0 Å². The number of halogens is 1. The molecule has 2 N–H and O–H groups in total. The first-order valence-corrected chi connectivity index (χ1v) is 11.1. The topological polar surface area (TPSA) is 80.3 Å². The lowest BCUT2D eigenvalue weighted by molar-refractivity contribution is -0.129. The lowest BCUT2D eigenvalue weighted by Crippen LogP contribution is -2.55. The number of amides is 2. The van der Waals surface area contributed by atoms with Gasteiger partial charge in [0.15, 0.2) is 11.6 Å². The van der Waals surface area contributed by atoms with Gasteiger partial charge in [-0.3, -0.25) is 9.59 Å². The Morgan fingerprint density at radius 3 is 2.50 bits per heavy atom. The van der Waals surface area contributed by atoms with Crippen LogP contribution in [0.5, 0.6) is 5.75 Å². The Morgan fingerprint density at radius 2 is 1.83 bits per heavy atom. The summed E-state index contributed by atoms with van der Waals surface area (Å²) in [5, 5.41) is 8.37. The summed E-state index contributed by atoms with van der Waals surface area (Å²) in [7, 11) is 0. The highest BCUT2D eigenvalue weighted by Gasteiger charge is 2.31. The predicted octanol–water partition coefficient (Wildman–Crippen LogP) is 4.06. The normalized spacial score (nSPS) is 19.2. The van der Waals surface area contributed by atoms with Gasteiger partial charge in [0.25, 0.3) is 5.91 Å². The van der Waals surface area contributed by atoms with Crippen LogP contribution < -0.4 is 15.4 Å². The van der Waals surface area contributed by atoms with Crippen molar-refractivity contribution in [3.05, 3.63) is 46.2 Å². The molecule has 1 saturated carbocycles. The molecule has 1 fully saturated rings. The van der Waals surface area contributed by atoms with Gasteiger partial charge in [-0.15, -0.1) is 11.3 Å². The first-order valence-electron chi connectivity index (χ1n) is 10.2. The number of carbonyl (C=O) groups excluding carboxylic acids is 2. The molecule has 0 saturated heterocycles. The second-order valence-corrected chi connectivity index (χ2v) is 9.48. The standard InChI is InChI=1S/C22H28FN3O3S/c1-22(2,3)21(28)26-16-10-6-5-9-15(16)25-20(27)17-13-30-19(24-17)12-29-18-11-7-4-8-14(18)23/h4,7-8,11,13,15-16H,5-6,9-10,12H2,1-3H3,(H,25,27)(H,26,28)/t15-,16-/m1/s1. The maximum absolute atomic E-state index is 13.7. The molecule has 1 aromatic carbocycles. The number of benzene rings is 1. The van der Waals surface area contributed by atoms with E-state index in [-0.39, 0.29) is 36.3 Å². The first kappa shape index (κ1) is 22.2. The summed E-state index contributed by atoms with van der Waals surface area (Å²) < 4.78 is 19.1. The molecular weight excluding hydrogens is 405 g/mol. The summed E-state index contributed by atoms with van der Waals surface area (Å²) in [5.41, 5.74) is -0.174. The van der Waals surface area contributed by atoms with Gasteiger partial charge in [0.2, 0.25) is 5.91 Å². The van der Waals surface area contributed by atoms with E-state index < -0.39 is 11.2 Å². The summed E-state index contributed by atoms with van der Waals surface area (Å²) in [6.07, 6.45) is 3.68. The number of nitrogens with zero attached hydrogens (tertiary/aromatic N) is 1. The van der Waals surface area contributed by atoms with Crippen LogP contribution in [0.1, 0.15) is 62.0 Å². The monoisotopic (exact) mass is 433 g/mol. The molecule has 2 atom stereocenters. The van der Waals surface area contributed by atoms with Crippen molar-refractivity contribution < 1.29 is 18.7 Å². The quantitative estimate of drug-likeness (QED) is 0.720. The number of aromatic nitrogens is 1. The van der Waals surface area contributed by atoms with Crippen molar-refractivity contribution in [3.63, 3.8) is 0 Å². The van der Waals surface area contributed by atoms with E-state index in [1.54, 1.807) is 23.6 Å². The molecule has 1 aliphatic carbocycles. The van der Waals surface area contributed by atoms with Gasteiger partial charge in [0, 0.05) is 22.9 Å². The van der Waals surface area contributed by atoms with Gasteiger partial charge >= 0.3 is 0 Å². The SMILES string of the molecule is CC(C)(C)C(=O)N[C@@H]1CCCC[C@H]1NC(=O)c1csc(COc2ccccc2F)n1. The van der Waals surface area contributed by atoms with Crippen LogP contribution in [0.4, 0.5) is 4.39 Å². The lowest BCUT2D eigenvalue weighted by atomic mass is 9.88. The Hall–Kier alpha value is -2.48. The third-order valence-electron chi connectivity index (χ3n) is 5.05. The molecule has 3 rings (SSSR count). The van der Waals surface area contributed by atoms with Crippen molar-refractivity contribution in [1.82, 2.24) is 15.6 Å². The number of rotatable bonds is 6. The largest absolute Gasteiger partial charge is 0.483 e. The number of hydrogen-bond acceptors (Lipinski definition) is 5. The number of carbonyl (C=O) groups is 2. The molecule has 0 spiro atoms. The van der Waals surface area contributed by atoms with Crippen LogP contribution in [0.3, 0.4) is 0 Å². The minimum atomic E-state index is -0.478. The fraction of sp³-hybridized carbons (Fsp3) is 0.500. The zero-order valence-corrected chi connectivity index (χ0v) is 18.4. The smallest absolute Gasteiger partial charge is 0.271 e.